The molecule has 3 aromatic rings. The highest BCUT2D eigenvalue weighted by atomic mass is 32.2. The number of ether oxygens (including phenoxy) is 4. The smallest absolute Gasteiger partial charge is 0.352 e. The maximum atomic E-state index is 13.9. The van der Waals surface area contributed by atoms with Crippen LogP contribution in [0.3, 0.4) is 0 Å². The number of carboxylic acid groups (broad SMARTS) is 2. The third-order valence-corrected chi connectivity index (χ3v) is 9.04. The van der Waals surface area contributed by atoms with Crippen LogP contribution >= 0.6 is 11.8 Å². The number of rotatable bonds is 13. The van der Waals surface area contributed by atoms with E-state index in [1.807, 2.05) is 0 Å². The Hall–Kier alpha value is -6.70. The molecule has 4 N–H and O–H groups in total. The van der Waals surface area contributed by atoms with E-state index < -0.39 is 88.3 Å². The van der Waals surface area contributed by atoms with Gasteiger partial charge in [-0.2, -0.15) is 0 Å². The largest absolute Gasteiger partial charge is 0.482 e. The lowest BCUT2D eigenvalue weighted by atomic mass is 10.0. The summed E-state index contributed by atoms with van der Waals surface area (Å²) in [5.74, 6) is -8.25. The number of carbonyl (C=O) groups excluding carboxylic acids is 6. The molecule has 0 radical (unpaired) electrons. The molecule has 5 rings (SSSR count). The molecule has 1 fully saturated rings. The fraction of sp³-hybridized carbons (Fsp3) is 0.265. The van der Waals surface area contributed by atoms with Gasteiger partial charge < -0.3 is 44.2 Å². The number of carbonyl (C=O) groups is 8. The van der Waals surface area contributed by atoms with Crippen LogP contribution in [0.5, 0.6) is 17.2 Å². The molecule has 2 aliphatic heterocycles. The molecule has 0 saturated carbocycles. The van der Waals surface area contributed by atoms with Crippen molar-refractivity contribution in [3.63, 3.8) is 0 Å². The van der Waals surface area contributed by atoms with E-state index in [4.69, 9.17) is 28.5 Å². The van der Waals surface area contributed by atoms with Gasteiger partial charge in [0.15, 0.2) is 18.1 Å². The molecule has 19 nitrogen and oxygen atoms in total. The number of aliphatic carboxylic acids is 2. The van der Waals surface area contributed by atoms with Gasteiger partial charge in [0, 0.05) is 38.2 Å². The van der Waals surface area contributed by atoms with E-state index in [9.17, 15) is 48.3 Å². The third kappa shape index (κ3) is 8.33. The Labute approximate surface area is 307 Å². The summed E-state index contributed by atoms with van der Waals surface area (Å²) < 4.78 is 25.7. The van der Waals surface area contributed by atoms with E-state index in [1.54, 1.807) is 0 Å². The highest BCUT2D eigenvalue weighted by Gasteiger charge is 2.54. The second-order valence-corrected chi connectivity index (χ2v) is 12.7. The van der Waals surface area contributed by atoms with Gasteiger partial charge in [-0.05, 0) is 23.8 Å². The first-order valence-electron chi connectivity index (χ1n) is 15.6. The van der Waals surface area contributed by atoms with E-state index in [0.717, 1.165) is 55.8 Å². The fourth-order valence-electron chi connectivity index (χ4n) is 5.39. The summed E-state index contributed by atoms with van der Waals surface area (Å²) in [5.41, 5.74) is -1.83. The molecule has 3 heterocycles. The molecular weight excluding hydrogens is 738 g/mol. The van der Waals surface area contributed by atoms with E-state index >= 15 is 0 Å². The minimum atomic E-state index is -1.62. The van der Waals surface area contributed by atoms with Crippen molar-refractivity contribution in [3.8, 4) is 17.2 Å². The van der Waals surface area contributed by atoms with Crippen LogP contribution in [-0.2, 0) is 38.3 Å². The number of hydrogen-bond donors (Lipinski definition) is 4. The normalized spacial score (nSPS) is 16.6. The first-order chi connectivity index (χ1) is 25.5. The van der Waals surface area contributed by atoms with Crippen LogP contribution in [0.25, 0.3) is 11.0 Å². The van der Waals surface area contributed by atoms with E-state index in [1.165, 1.54) is 24.3 Å². The first kappa shape index (κ1) is 38.5. The molecule has 3 amide bonds. The Morgan fingerprint density at radius 1 is 0.944 bits per heavy atom. The van der Waals surface area contributed by atoms with Crippen molar-refractivity contribution in [3.05, 3.63) is 75.3 Å². The minimum Gasteiger partial charge on any atom is -0.482 e. The monoisotopic (exact) mass is 767 g/mol. The van der Waals surface area contributed by atoms with Gasteiger partial charge in [0.25, 0.3) is 11.8 Å². The number of nitrogens with zero attached hydrogens (tertiary/aromatic N) is 1. The highest BCUT2D eigenvalue weighted by Crippen LogP contribution is 2.40. The summed E-state index contributed by atoms with van der Waals surface area (Å²) in [5, 5.41) is 22.6. The van der Waals surface area contributed by atoms with Crippen LogP contribution in [0.1, 0.15) is 42.7 Å². The standard InChI is InChI=1S/C34H29N3O16S/c1-14(38)49-10-18-13-54-33-27(32(46)37(33)28(18)34(47)48)36-31(45)26(17-4-6-19(7-5-17)50-12-25(41)42)35-30(44)21-11-51-22-9-24(53-16(3)40)23(52-15(2)39)8-20(22)29(21)43/h4-9,11,26-27,33H,10,12-13H2,1-3H3,(H,35,44)(H,36,45)(H,41,42)(H,47,48)/t26?,27-,33-/m1/s1. The molecule has 1 saturated heterocycles. The zero-order chi connectivity index (χ0) is 39.4. The molecule has 0 bridgehead atoms. The number of carboxylic acids is 2. The molecule has 282 valence electrons. The molecule has 0 spiro atoms. The summed E-state index contributed by atoms with van der Waals surface area (Å²) >= 11 is 1.10. The Balaban J connectivity index is 1.45. The van der Waals surface area contributed by atoms with Crippen LogP contribution in [0, 0.1) is 0 Å². The topological polar surface area (TPSA) is 271 Å². The zero-order valence-electron chi connectivity index (χ0n) is 28.4. The van der Waals surface area contributed by atoms with Gasteiger partial charge >= 0.3 is 29.8 Å². The van der Waals surface area contributed by atoms with Crippen LogP contribution in [-0.4, -0.2) is 93.1 Å². The Morgan fingerprint density at radius 2 is 1.59 bits per heavy atom. The van der Waals surface area contributed by atoms with Crippen LogP contribution in [0.2, 0.25) is 0 Å². The van der Waals surface area contributed by atoms with Gasteiger partial charge in [-0.1, -0.05) is 12.1 Å². The van der Waals surface area contributed by atoms with Gasteiger partial charge in [-0.25, -0.2) is 9.59 Å². The Bertz CT molecular complexity index is 2190. The average molecular weight is 768 g/mol. The van der Waals surface area contributed by atoms with Crippen molar-refractivity contribution >= 4 is 70.3 Å². The lowest BCUT2D eigenvalue weighted by molar-refractivity contribution is -0.151. The van der Waals surface area contributed by atoms with Gasteiger partial charge in [0.1, 0.15) is 52.9 Å². The number of benzene rings is 2. The number of esters is 3. The summed E-state index contributed by atoms with van der Waals surface area (Å²) in [6, 6.07) is 4.53. The van der Waals surface area contributed by atoms with Crippen LogP contribution in [0.4, 0.5) is 0 Å². The summed E-state index contributed by atoms with van der Waals surface area (Å²) in [7, 11) is 0. The van der Waals surface area contributed by atoms with Crippen molar-refractivity contribution in [2.75, 3.05) is 19.0 Å². The zero-order valence-corrected chi connectivity index (χ0v) is 29.2. The Morgan fingerprint density at radius 3 is 2.19 bits per heavy atom. The summed E-state index contributed by atoms with van der Waals surface area (Å²) in [6.07, 6.45) is 0.792. The quantitative estimate of drug-likeness (QED) is 0.107. The van der Waals surface area contributed by atoms with E-state index in [0.29, 0.717) is 0 Å². The molecule has 1 unspecified atom stereocenters. The summed E-state index contributed by atoms with van der Waals surface area (Å²) in [4.78, 5) is 113. The molecule has 2 aliphatic rings. The predicted octanol–water partition coefficient (Wildman–Crippen LogP) is 0.880. The number of fused-ring (bicyclic) bond motifs is 2. The second kappa shape index (κ2) is 15.9. The number of thioether (sulfide) groups is 1. The van der Waals surface area contributed by atoms with Crippen molar-refractivity contribution in [2.24, 2.45) is 0 Å². The van der Waals surface area contributed by atoms with Crippen LogP contribution < -0.4 is 30.3 Å². The van der Waals surface area contributed by atoms with E-state index in [2.05, 4.69) is 10.6 Å². The molecule has 20 heteroatoms. The molecular formula is C34H29N3O16S. The predicted molar refractivity (Wildman–Crippen MR) is 181 cm³/mol. The van der Waals surface area contributed by atoms with Gasteiger partial charge in [0.05, 0.1) is 5.39 Å². The number of hydrogen-bond acceptors (Lipinski definition) is 15. The molecule has 1 aromatic heterocycles. The fourth-order valence-corrected chi connectivity index (χ4v) is 6.72. The third-order valence-electron chi connectivity index (χ3n) is 7.70. The van der Waals surface area contributed by atoms with Crippen LogP contribution in [0.15, 0.2) is 63.1 Å². The lowest BCUT2D eigenvalue weighted by Gasteiger charge is -2.49. The minimum absolute atomic E-state index is 0.0486. The Kier molecular flexibility index (Phi) is 11.3. The van der Waals surface area contributed by atoms with Gasteiger partial charge in [0.2, 0.25) is 11.3 Å². The molecule has 0 aliphatic carbocycles. The maximum absolute atomic E-state index is 13.9. The second-order valence-electron chi connectivity index (χ2n) is 11.6. The van der Waals surface area contributed by atoms with Crippen molar-refractivity contribution in [1.82, 2.24) is 15.5 Å². The molecule has 54 heavy (non-hydrogen) atoms. The highest BCUT2D eigenvalue weighted by molar-refractivity contribution is 8.00. The maximum Gasteiger partial charge on any atom is 0.352 e. The molecule has 3 atom stereocenters. The number of amides is 3. The lowest BCUT2D eigenvalue weighted by Crippen LogP contribution is -2.71. The summed E-state index contributed by atoms with van der Waals surface area (Å²) in [6.45, 7) is 2.26. The van der Waals surface area contributed by atoms with Gasteiger partial charge in [-0.15, -0.1) is 11.8 Å². The average Bonchev–Trinajstić information content (AvgIpc) is 3.10. The van der Waals surface area contributed by atoms with Crippen molar-refractivity contribution < 1.29 is 71.9 Å². The van der Waals surface area contributed by atoms with Crippen molar-refractivity contribution in [2.45, 2.75) is 38.2 Å². The first-order valence-corrected chi connectivity index (χ1v) is 16.7. The molecule has 2 aromatic carbocycles. The number of β-lactam (4-membered cyclic amide) rings is 1. The van der Waals surface area contributed by atoms with Gasteiger partial charge in [-0.3, -0.25) is 38.5 Å². The van der Waals surface area contributed by atoms with Crippen molar-refractivity contribution in [1.29, 1.82) is 0 Å². The SMILES string of the molecule is CC(=O)OCC1=C(C(=O)O)N2C(=O)[C@@H](NC(=O)C(NC(=O)c3coc4cc(OC(C)=O)c(OC(C)=O)cc4c3=O)c3ccc(OCC(=O)O)cc3)[C@H]2SC1. The number of nitrogens with one attached hydrogen (secondary N) is 2. The van der Waals surface area contributed by atoms with E-state index in [-0.39, 0.29) is 51.7 Å².